The smallest absolute Gasteiger partial charge is 0.225 e. The lowest BCUT2D eigenvalue weighted by Gasteiger charge is -2.36. The van der Waals surface area contributed by atoms with Crippen LogP contribution in [0, 0.1) is 5.92 Å². The Hall–Kier alpha value is -1.39. The van der Waals surface area contributed by atoms with Crippen molar-refractivity contribution in [3.05, 3.63) is 35.9 Å². The third kappa shape index (κ3) is 3.68. The van der Waals surface area contributed by atoms with Gasteiger partial charge in [-0.2, -0.15) is 0 Å². The number of carbonyl (C=O) groups is 1. The van der Waals surface area contributed by atoms with Gasteiger partial charge < -0.3 is 9.64 Å². The molecule has 3 aliphatic heterocycles. The predicted octanol–water partition coefficient (Wildman–Crippen LogP) is 2.15. The van der Waals surface area contributed by atoms with Crippen molar-refractivity contribution >= 4 is 5.91 Å². The van der Waals surface area contributed by atoms with Crippen molar-refractivity contribution in [2.24, 2.45) is 5.92 Å². The van der Waals surface area contributed by atoms with E-state index in [1.165, 1.54) is 12.0 Å². The van der Waals surface area contributed by atoms with Gasteiger partial charge in [-0.15, -0.1) is 0 Å². The fraction of sp³-hybridized carbons (Fsp3) is 0.611. The van der Waals surface area contributed by atoms with Gasteiger partial charge in [-0.05, 0) is 24.3 Å². The molecule has 0 spiro atoms. The molecule has 0 N–H and O–H groups in total. The van der Waals surface area contributed by atoms with Crippen LogP contribution in [0.5, 0.6) is 0 Å². The molecular weight excluding hydrogens is 276 g/mol. The van der Waals surface area contributed by atoms with Crippen molar-refractivity contribution in [2.75, 3.05) is 33.4 Å². The molecule has 22 heavy (non-hydrogen) atoms. The molecule has 0 aromatic heterocycles. The zero-order chi connectivity index (χ0) is 15.4. The maximum Gasteiger partial charge on any atom is 0.225 e. The van der Waals surface area contributed by atoms with Crippen LogP contribution in [0.2, 0.25) is 0 Å². The summed E-state index contributed by atoms with van der Waals surface area (Å²) in [4.78, 5) is 17.0. The van der Waals surface area contributed by atoms with Crippen molar-refractivity contribution in [3.63, 3.8) is 0 Å². The van der Waals surface area contributed by atoms with Gasteiger partial charge in [0.1, 0.15) is 0 Å². The van der Waals surface area contributed by atoms with Gasteiger partial charge in [0, 0.05) is 39.3 Å². The van der Waals surface area contributed by atoms with E-state index in [0.29, 0.717) is 25.0 Å². The highest BCUT2D eigenvalue weighted by Gasteiger charge is 2.36. The Kier molecular flexibility index (Phi) is 5.11. The van der Waals surface area contributed by atoms with E-state index in [9.17, 15) is 4.79 Å². The molecule has 120 valence electrons. The number of piperidine rings is 1. The minimum Gasteiger partial charge on any atom is -0.384 e. The fourth-order valence-electron chi connectivity index (χ4n) is 3.79. The minimum atomic E-state index is 0.262. The number of methoxy groups -OCH3 is 1. The normalized spacial score (nSPS) is 25.2. The Labute approximate surface area is 133 Å². The quantitative estimate of drug-likeness (QED) is 0.835. The van der Waals surface area contributed by atoms with Gasteiger partial charge in [-0.1, -0.05) is 30.3 Å². The first-order chi connectivity index (χ1) is 10.8. The van der Waals surface area contributed by atoms with Gasteiger partial charge in [0.2, 0.25) is 5.91 Å². The first-order valence-corrected chi connectivity index (χ1v) is 8.31. The molecule has 4 rings (SSSR count). The SMILES string of the molecule is COCCC(=O)N1C[C@@H]2CC[C@H]1CN(Cc1ccccc1)C2. The summed E-state index contributed by atoms with van der Waals surface area (Å²) >= 11 is 0. The first-order valence-electron chi connectivity index (χ1n) is 8.31. The Morgan fingerprint density at radius 2 is 2.00 bits per heavy atom. The van der Waals surface area contributed by atoms with E-state index in [0.717, 1.165) is 32.6 Å². The summed E-state index contributed by atoms with van der Waals surface area (Å²) in [5, 5.41) is 0. The highest BCUT2D eigenvalue weighted by atomic mass is 16.5. The van der Waals surface area contributed by atoms with Gasteiger partial charge in [0.05, 0.1) is 13.0 Å². The molecule has 2 bridgehead atoms. The average molecular weight is 302 g/mol. The van der Waals surface area contributed by atoms with Crippen LogP contribution >= 0.6 is 0 Å². The molecule has 2 atom stereocenters. The largest absolute Gasteiger partial charge is 0.384 e. The van der Waals surface area contributed by atoms with Gasteiger partial charge >= 0.3 is 0 Å². The third-order valence-corrected chi connectivity index (χ3v) is 4.88. The summed E-state index contributed by atoms with van der Waals surface area (Å²) in [7, 11) is 1.66. The number of rotatable bonds is 5. The van der Waals surface area contributed by atoms with Gasteiger partial charge in [-0.25, -0.2) is 0 Å². The maximum atomic E-state index is 12.4. The number of carbonyl (C=O) groups excluding carboxylic acids is 1. The molecular formula is C18H26N2O2. The highest BCUT2D eigenvalue weighted by Crippen LogP contribution is 2.29. The molecule has 3 aliphatic rings. The van der Waals surface area contributed by atoms with E-state index >= 15 is 0 Å². The van der Waals surface area contributed by atoms with Crippen LogP contribution in [-0.4, -0.2) is 55.1 Å². The summed E-state index contributed by atoms with van der Waals surface area (Å²) in [6.45, 7) is 4.57. The lowest BCUT2D eigenvalue weighted by Crippen LogP contribution is -2.47. The Bertz CT molecular complexity index is 491. The monoisotopic (exact) mass is 302 g/mol. The molecule has 0 unspecified atom stereocenters. The maximum absolute atomic E-state index is 12.4. The predicted molar refractivity (Wildman–Crippen MR) is 86.4 cm³/mol. The molecule has 3 fully saturated rings. The van der Waals surface area contributed by atoms with Gasteiger partial charge in [0.15, 0.2) is 0 Å². The Morgan fingerprint density at radius 3 is 2.77 bits per heavy atom. The second kappa shape index (κ2) is 7.25. The molecule has 1 amide bonds. The number of amides is 1. The molecule has 0 saturated carbocycles. The van der Waals surface area contributed by atoms with E-state index in [1.54, 1.807) is 7.11 Å². The molecule has 3 heterocycles. The van der Waals surface area contributed by atoms with Crippen molar-refractivity contribution in [2.45, 2.75) is 31.8 Å². The summed E-state index contributed by atoms with van der Waals surface area (Å²) in [5.41, 5.74) is 1.36. The van der Waals surface area contributed by atoms with Crippen LogP contribution in [0.15, 0.2) is 30.3 Å². The van der Waals surface area contributed by atoms with Crippen LogP contribution in [0.25, 0.3) is 0 Å². The summed E-state index contributed by atoms with van der Waals surface area (Å²) in [6, 6.07) is 11.0. The Morgan fingerprint density at radius 1 is 1.18 bits per heavy atom. The highest BCUT2D eigenvalue weighted by molar-refractivity contribution is 5.76. The van der Waals surface area contributed by atoms with Crippen molar-refractivity contribution in [1.29, 1.82) is 0 Å². The molecule has 1 aromatic carbocycles. The molecule has 3 saturated heterocycles. The molecule has 1 aromatic rings. The second-order valence-corrected chi connectivity index (χ2v) is 6.57. The first kappa shape index (κ1) is 15.5. The Balaban J connectivity index is 1.64. The number of hydrogen-bond donors (Lipinski definition) is 0. The van der Waals surface area contributed by atoms with Crippen LogP contribution in [0.4, 0.5) is 0 Å². The average Bonchev–Trinajstić information content (AvgIpc) is 2.84. The molecule has 0 aliphatic carbocycles. The van der Waals surface area contributed by atoms with E-state index in [4.69, 9.17) is 4.74 Å². The van der Waals surface area contributed by atoms with Crippen LogP contribution in [-0.2, 0) is 16.1 Å². The van der Waals surface area contributed by atoms with Crippen molar-refractivity contribution in [1.82, 2.24) is 9.80 Å². The fourth-order valence-corrected chi connectivity index (χ4v) is 3.79. The lowest BCUT2D eigenvalue weighted by atomic mass is 9.95. The molecule has 4 heteroatoms. The minimum absolute atomic E-state index is 0.262. The number of ether oxygens (including phenoxy) is 1. The van der Waals surface area contributed by atoms with E-state index in [-0.39, 0.29) is 5.91 Å². The van der Waals surface area contributed by atoms with Crippen molar-refractivity contribution in [3.8, 4) is 0 Å². The van der Waals surface area contributed by atoms with E-state index in [1.807, 2.05) is 0 Å². The van der Waals surface area contributed by atoms with Crippen molar-refractivity contribution < 1.29 is 9.53 Å². The lowest BCUT2D eigenvalue weighted by molar-refractivity contribution is -0.136. The summed E-state index contributed by atoms with van der Waals surface area (Å²) in [5.74, 6) is 0.882. The summed E-state index contributed by atoms with van der Waals surface area (Å²) in [6.07, 6.45) is 2.91. The molecule has 0 radical (unpaired) electrons. The van der Waals surface area contributed by atoms with Gasteiger partial charge in [-0.3, -0.25) is 9.69 Å². The zero-order valence-corrected chi connectivity index (χ0v) is 13.4. The zero-order valence-electron chi connectivity index (χ0n) is 13.4. The summed E-state index contributed by atoms with van der Waals surface area (Å²) < 4.78 is 5.06. The number of nitrogens with zero attached hydrogens (tertiary/aromatic N) is 2. The molecule has 4 nitrogen and oxygen atoms in total. The van der Waals surface area contributed by atoms with Crippen LogP contribution < -0.4 is 0 Å². The van der Waals surface area contributed by atoms with Crippen LogP contribution in [0.3, 0.4) is 0 Å². The number of fused-ring (bicyclic) bond motifs is 4. The topological polar surface area (TPSA) is 32.8 Å². The third-order valence-electron chi connectivity index (χ3n) is 4.88. The number of hydrogen-bond acceptors (Lipinski definition) is 3. The second-order valence-electron chi connectivity index (χ2n) is 6.57. The van der Waals surface area contributed by atoms with Crippen LogP contribution in [0.1, 0.15) is 24.8 Å². The standard InChI is InChI=1S/C18H26N2O2/c1-22-10-9-18(21)20-13-16-7-8-17(20)14-19(12-16)11-15-5-3-2-4-6-15/h2-6,16-17H,7-14H2,1H3/t16-,17+/m1/s1. The van der Waals surface area contributed by atoms with Gasteiger partial charge in [0.25, 0.3) is 0 Å². The number of benzene rings is 1. The van der Waals surface area contributed by atoms with E-state index in [2.05, 4.69) is 40.1 Å². The van der Waals surface area contributed by atoms with E-state index < -0.39 is 0 Å².